The van der Waals surface area contributed by atoms with Crippen LogP contribution in [-0.2, 0) is 20.9 Å². The number of carbonyl (C=O) groups is 1. The molecule has 0 saturated carbocycles. The van der Waals surface area contributed by atoms with Gasteiger partial charge in [0, 0.05) is 46.1 Å². The van der Waals surface area contributed by atoms with Gasteiger partial charge in [-0.05, 0) is 45.2 Å². The van der Waals surface area contributed by atoms with Crippen LogP contribution in [-0.4, -0.2) is 78.2 Å². The Labute approximate surface area is 215 Å². The van der Waals surface area contributed by atoms with Crippen molar-refractivity contribution >= 4 is 36.7 Å². The monoisotopic (exact) mass is 515 g/mol. The highest BCUT2D eigenvalue weighted by Gasteiger charge is 2.26. The maximum atomic E-state index is 12.5. The van der Waals surface area contributed by atoms with Crippen molar-refractivity contribution in [2.75, 3.05) is 38.2 Å². The summed E-state index contributed by atoms with van der Waals surface area (Å²) in [6.45, 7) is 16.5. The smallest absolute Gasteiger partial charge is 0.410 e. The van der Waals surface area contributed by atoms with Crippen molar-refractivity contribution in [1.82, 2.24) is 19.4 Å². The Morgan fingerprint density at radius 3 is 2.75 bits per heavy atom. The lowest BCUT2D eigenvalue weighted by Gasteiger charge is -2.29. The van der Waals surface area contributed by atoms with Gasteiger partial charge < -0.3 is 29.0 Å². The Kier molecular flexibility index (Phi) is 8.06. The Morgan fingerprint density at radius 1 is 1.31 bits per heavy atom. The number of ether oxygens (including phenoxy) is 3. The number of fused-ring (bicyclic) bond motifs is 1. The van der Waals surface area contributed by atoms with E-state index in [2.05, 4.69) is 37.2 Å². The summed E-state index contributed by atoms with van der Waals surface area (Å²) in [7, 11) is -1.16. The molecule has 1 amide bonds. The lowest BCUT2D eigenvalue weighted by molar-refractivity contribution is 0.0270. The molecule has 10 heteroatoms. The third kappa shape index (κ3) is 7.07. The van der Waals surface area contributed by atoms with E-state index in [1.54, 1.807) is 11.1 Å². The first-order chi connectivity index (χ1) is 17.0. The van der Waals surface area contributed by atoms with Gasteiger partial charge in [0.1, 0.15) is 23.7 Å². The van der Waals surface area contributed by atoms with Crippen molar-refractivity contribution in [2.45, 2.75) is 77.7 Å². The van der Waals surface area contributed by atoms with E-state index in [0.29, 0.717) is 26.4 Å². The first kappa shape index (κ1) is 26.6. The number of hydrogen-bond donors (Lipinski definition) is 1. The van der Waals surface area contributed by atoms with Crippen molar-refractivity contribution < 1.29 is 19.0 Å². The van der Waals surface area contributed by atoms with Gasteiger partial charge in [0.2, 0.25) is 0 Å². The van der Waals surface area contributed by atoms with Gasteiger partial charge in [-0.2, -0.15) is 0 Å². The first-order valence-electron chi connectivity index (χ1n) is 12.9. The summed E-state index contributed by atoms with van der Waals surface area (Å²) in [5.41, 5.74) is 3.36. The molecule has 0 spiro atoms. The summed E-state index contributed by atoms with van der Waals surface area (Å²) in [5, 5.41) is 3.46. The molecule has 0 aliphatic carbocycles. The second kappa shape index (κ2) is 10.9. The second-order valence-electron chi connectivity index (χ2n) is 11.9. The Bertz CT molecular complexity index is 1100. The van der Waals surface area contributed by atoms with Crippen LogP contribution in [0.5, 0.6) is 0 Å². The Balaban J connectivity index is 1.56. The topological polar surface area (TPSA) is 90.7 Å². The molecule has 4 rings (SSSR count). The third-order valence-electron chi connectivity index (χ3n) is 6.28. The van der Waals surface area contributed by atoms with Gasteiger partial charge in [-0.1, -0.05) is 25.7 Å². The molecule has 1 atom stereocenters. The van der Waals surface area contributed by atoms with E-state index >= 15 is 0 Å². The van der Waals surface area contributed by atoms with Crippen molar-refractivity contribution in [1.29, 1.82) is 0 Å². The largest absolute Gasteiger partial charge is 0.444 e. The summed E-state index contributed by atoms with van der Waals surface area (Å²) >= 11 is 0. The molecule has 1 saturated heterocycles. The van der Waals surface area contributed by atoms with Crippen molar-refractivity contribution in [3.05, 3.63) is 24.0 Å². The molecule has 0 radical (unpaired) electrons. The molecule has 1 N–H and O–H groups in total. The van der Waals surface area contributed by atoms with E-state index in [9.17, 15) is 4.79 Å². The Hall–Kier alpha value is -2.43. The highest BCUT2D eigenvalue weighted by atomic mass is 28.3. The quantitative estimate of drug-likeness (QED) is 0.392. The number of anilines is 1. The van der Waals surface area contributed by atoms with E-state index in [1.807, 2.05) is 25.3 Å². The molecule has 198 valence electrons. The van der Waals surface area contributed by atoms with Crippen LogP contribution in [0.25, 0.3) is 16.7 Å². The van der Waals surface area contributed by atoms with Crippen LogP contribution in [0.2, 0.25) is 25.7 Å². The zero-order chi connectivity index (χ0) is 25.9. The molecule has 0 aromatic carbocycles. The molecule has 2 aromatic heterocycles. The number of amides is 1. The number of nitrogens with one attached hydrogen (secondary N) is 1. The molecule has 2 aliphatic rings. The van der Waals surface area contributed by atoms with Gasteiger partial charge in [-0.3, -0.25) is 0 Å². The van der Waals surface area contributed by atoms with Crippen LogP contribution in [0.1, 0.15) is 39.2 Å². The van der Waals surface area contributed by atoms with Gasteiger partial charge in [-0.15, -0.1) is 0 Å². The number of hydrogen-bond acceptors (Lipinski definition) is 7. The first-order valence-corrected chi connectivity index (χ1v) is 16.6. The van der Waals surface area contributed by atoms with E-state index in [1.165, 1.54) is 0 Å². The van der Waals surface area contributed by atoms with Crippen LogP contribution in [0.4, 0.5) is 10.6 Å². The average Bonchev–Trinajstić information content (AvgIpc) is 3.43. The predicted molar refractivity (Wildman–Crippen MR) is 145 cm³/mol. The molecular weight excluding hydrogens is 474 g/mol. The van der Waals surface area contributed by atoms with Crippen LogP contribution in [0.15, 0.2) is 18.5 Å². The van der Waals surface area contributed by atoms with Crippen LogP contribution in [0, 0.1) is 0 Å². The summed E-state index contributed by atoms with van der Waals surface area (Å²) < 4.78 is 19.1. The van der Waals surface area contributed by atoms with Crippen LogP contribution in [0.3, 0.4) is 0 Å². The van der Waals surface area contributed by atoms with E-state index in [0.717, 1.165) is 60.2 Å². The SMILES string of the molecule is CC(C)(C)OC(=O)N1CC=C(c2cn(COCC[Si](C)(C)C)c3ncc(N[C@@H]4CCOC4)nc23)CC1. The van der Waals surface area contributed by atoms with Crippen molar-refractivity contribution in [3.8, 4) is 0 Å². The molecule has 2 aromatic rings. The van der Waals surface area contributed by atoms with Gasteiger partial charge in [0.25, 0.3) is 0 Å². The minimum absolute atomic E-state index is 0.253. The number of nitrogens with zero attached hydrogens (tertiary/aromatic N) is 4. The standard InChI is InChI=1S/C26H41N5O4Si/c1-26(2,3)35-25(32)30-10-7-19(8-11-30)21-16-31(18-34-13-14-36(4,5)6)24-23(21)29-22(15-27-24)28-20-9-12-33-17-20/h7,15-16,20H,8-14,17-18H2,1-6H3,(H,28,29)/t20-/m1/s1. The summed E-state index contributed by atoms with van der Waals surface area (Å²) in [4.78, 5) is 24.0. The molecular formula is C26H41N5O4Si. The molecule has 2 aliphatic heterocycles. The normalized spacial score (nSPS) is 19.0. The molecule has 36 heavy (non-hydrogen) atoms. The highest BCUT2D eigenvalue weighted by molar-refractivity contribution is 6.76. The van der Waals surface area contributed by atoms with E-state index in [4.69, 9.17) is 24.2 Å². The minimum atomic E-state index is -1.16. The fourth-order valence-electron chi connectivity index (χ4n) is 4.26. The zero-order valence-corrected chi connectivity index (χ0v) is 23.6. The maximum Gasteiger partial charge on any atom is 0.410 e. The summed E-state index contributed by atoms with van der Waals surface area (Å²) in [6, 6.07) is 1.37. The number of aromatic nitrogens is 3. The average molecular weight is 516 g/mol. The zero-order valence-electron chi connectivity index (χ0n) is 22.6. The summed E-state index contributed by atoms with van der Waals surface area (Å²) in [5.74, 6) is 0.753. The van der Waals surface area contributed by atoms with Crippen molar-refractivity contribution in [2.24, 2.45) is 0 Å². The predicted octanol–water partition coefficient (Wildman–Crippen LogP) is 4.97. The van der Waals surface area contributed by atoms with Gasteiger partial charge >= 0.3 is 6.09 Å². The lowest BCUT2D eigenvalue weighted by atomic mass is 10.0. The molecule has 4 heterocycles. The van der Waals surface area contributed by atoms with E-state index < -0.39 is 13.7 Å². The number of carbonyl (C=O) groups excluding carboxylic acids is 1. The fourth-order valence-corrected chi connectivity index (χ4v) is 5.02. The molecule has 1 fully saturated rings. The van der Waals surface area contributed by atoms with Gasteiger partial charge in [-0.25, -0.2) is 14.8 Å². The summed E-state index contributed by atoms with van der Waals surface area (Å²) in [6.07, 6.45) is 7.40. The lowest BCUT2D eigenvalue weighted by Crippen LogP contribution is -2.39. The maximum absolute atomic E-state index is 12.5. The third-order valence-corrected chi connectivity index (χ3v) is 7.98. The fraction of sp³-hybridized carbons (Fsp3) is 0.654. The molecule has 0 bridgehead atoms. The Morgan fingerprint density at radius 2 is 2.11 bits per heavy atom. The van der Waals surface area contributed by atoms with Crippen LogP contribution < -0.4 is 5.32 Å². The van der Waals surface area contributed by atoms with E-state index in [-0.39, 0.29) is 12.1 Å². The van der Waals surface area contributed by atoms with Crippen LogP contribution >= 0.6 is 0 Å². The highest BCUT2D eigenvalue weighted by Crippen LogP contribution is 2.31. The molecule has 0 unspecified atom stereocenters. The number of rotatable bonds is 8. The minimum Gasteiger partial charge on any atom is -0.444 e. The molecule has 9 nitrogen and oxygen atoms in total. The van der Waals surface area contributed by atoms with Crippen molar-refractivity contribution in [3.63, 3.8) is 0 Å². The second-order valence-corrected chi connectivity index (χ2v) is 17.5. The van der Waals surface area contributed by atoms with Gasteiger partial charge in [0.05, 0.1) is 18.8 Å². The van der Waals surface area contributed by atoms with Gasteiger partial charge in [0.15, 0.2) is 5.65 Å².